The molecule has 0 aromatic carbocycles. The lowest BCUT2D eigenvalue weighted by Gasteiger charge is -2.37. The lowest BCUT2D eigenvalue weighted by atomic mass is 9.69. The van der Waals surface area contributed by atoms with Crippen LogP contribution in [0.1, 0.15) is 38.5 Å². The first-order valence-electron chi connectivity index (χ1n) is 7.63. The summed E-state index contributed by atoms with van der Waals surface area (Å²) in [5.74, 6) is 2.49. The number of aliphatic carboxylic acids is 1. The molecule has 4 unspecified atom stereocenters. The van der Waals surface area contributed by atoms with Crippen molar-refractivity contribution in [3.63, 3.8) is 0 Å². The number of hydrogen-bond acceptors (Lipinski definition) is 2. The summed E-state index contributed by atoms with van der Waals surface area (Å²) >= 11 is 0. The highest BCUT2D eigenvalue weighted by atomic mass is 16.4. The predicted octanol–water partition coefficient (Wildman–Crippen LogP) is 1.65. The summed E-state index contributed by atoms with van der Waals surface area (Å²) < 4.78 is 0. The molecule has 2 bridgehead atoms. The lowest BCUT2D eigenvalue weighted by molar-refractivity contribution is -0.154. The highest BCUT2D eigenvalue weighted by Crippen LogP contribution is 2.69. The lowest BCUT2D eigenvalue weighted by Crippen LogP contribution is -2.48. The molecule has 4 nitrogen and oxygen atoms in total. The van der Waals surface area contributed by atoms with Gasteiger partial charge < -0.3 is 10.4 Å². The second-order valence-corrected chi connectivity index (χ2v) is 7.17. The van der Waals surface area contributed by atoms with E-state index in [1.807, 2.05) is 0 Å². The molecule has 4 aliphatic carbocycles. The maximum atomic E-state index is 12.2. The fourth-order valence-corrected chi connectivity index (χ4v) is 5.12. The molecule has 4 atom stereocenters. The van der Waals surface area contributed by atoms with Crippen LogP contribution in [0.15, 0.2) is 0 Å². The van der Waals surface area contributed by atoms with E-state index in [0.29, 0.717) is 31.2 Å². The molecule has 19 heavy (non-hydrogen) atoms. The molecule has 0 aromatic heterocycles. The number of carbonyl (C=O) groups is 2. The van der Waals surface area contributed by atoms with Crippen molar-refractivity contribution in [3.8, 4) is 0 Å². The quantitative estimate of drug-likeness (QED) is 0.810. The summed E-state index contributed by atoms with van der Waals surface area (Å²) in [6, 6.07) is 0. The summed E-state index contributed by atoms with van der Waals surface area (Å²) in [5, 5.41) is 12.2. The van der Waals surface area contributed by atoms with Gasteiger partial charge in [0.15, 0.2) is 0 Å². The molecule has 4 rings (SSSR count). The average molecular weight is 263 g/mol. The van der Waals surface area contributed by atoms with Gasteiger partial charge in [-0.25, -0.2) is 0 Å². The van der Waals surface area contributed by atoms with Crippen LogP contribution in [0, 0.1) is 35.0 Å². The third-order valence-corrected chi connectivity index (χ3v) is 6.40. The van der Waals surface area contributed by atoms with E-state index >= 15 is 0 Å². The van der Waals surface area contributed by atoms with Crippen LogP contribution in [0.2, 0.25) is 0 Å². The van der Waals surface area contributed by atoms with Gasteiger partial charge in [0.2, 0.25) is 5.91 Å². The molecule has 4 heteroatoms. The second-order valence-electron chi connectivity index (χ2n) is 7.17. The average Bonchev–Trinajstić information content (AvgIpc) is 2.76. The number of amides is 1. The first kappa shape index (κ1) is 11.7. The zero-order valence-corrected chi connectivity index (χ0v) is 11.1. The van der Waals surface area contributed by atoms with Gasteiger partial charge in [-0.3, -0.25) is 9.59 Å². The van der Waals surface area contributed by atoms with Crippen molar-refractivity contribution in [2.75, 3.05) is 6.54 Å². The van der Waals surface area contributed by atoms with E-state index < -0.39 is 11.4 Å². The van der Waals surface area contributed by atoms with Crippen LogP contribution in [-0.2, 0) is 9.59 Å². The van der Waals surface area contributed by atoms with Gasteiger partial charge >= 0.3 is 5.97 Å². The molecule has 104 valence electrons. The Morgan fingerprint density at radius 3 is 2.26 bits per heavy atom. The predicted molar refractivity (Wildman–Crippen MR) is 68.2 cm³/mol. The van der Waals surface area contributed by atoms with Crippen LogP contribution in [0.5, 0.6) is 0 Å². The highest BCUT2D eigenvalue weighted by Gasteiger charge is 2.67. The van der Waals surface area contributed by atoms with E-state index in [-0.39, 0.29) is 11.8 Å². The third-order valence-electron chi connectivity index (χ3n) is 6.40. The van der Waals surface area contributed by atoms with Crippen molar-refractivity contribution in [2.24, 2.45) is 35.0 Å². The Morgan fingerprint density at radius 2 is 1.79 bits per heavy atom. The largest absolute Gasteiger partial charge is 0.481 e. The van der Waals surface area contributed by atoms with Gasteiger partial charge in [0, 0.05) is 12.5 Å². The maximum absolute atomic E-state index is 12.2. The van der Waals surface area contributed by atoms with Crippen molar-refractivity contribution in [1.82, 2.24) is 5.32 Å². The Morgan fingerprint density at radius 1 is 1.16 bits per heavy atom. The molecule has 0 radical (unpaired) electrons. The Hall–Kier alpha value is -1.06. The number of rotatable bonds is 4. The molecule has 4 saturated carbocycles. The molecule has 4 aliphatic rings. The van der Waals surface area contributed by atoms with E-state index in [0.717, 1.165) is 18.3 Å². The number of hydrogen-bond donors (Lipinski definition) is 2. The van der Waals surface area contributed by atoms with Crippen molar-refractivity contribution in [2.45, 2.75) is 38.5 Å². The van der Waals surface area contributed by atoms with Crippen LogP contribution >= 0.6 is 0 Å². The van der Waals surface area contributed by atoms with Gasteiger partial charge in [0.1, 0.15) is 0 Å². The molecule has 0 spiro atoms. The molecule has 0 aromatic rings. The fraction of sp³-hybridized carbons (Fsp3) is 0.867. The van der Waals surface area contributed by atoms with Crippen molar-refractivity contribution in [3.05, 3.63) is 0 Å². The van der Waals surface area contributed by atoms with Crippen LogP contribution in [-0.4, -0.2) is 23.5 Å². The summed E-state index contributed by atoms with van der Waals surface area (Å²) in [4.78, 5) is 23.5. The summed E-state index contributed by atoms with van der Waals surface area (Å²) in [6.07, 6.45) is 6.37. The Balaban J connectivity index is 1.35. The van der Waals surface area contributed by atoms with Gasteiger partial charge in [0.05, 0.1) is 5.41 Å². The standard InChI is InChI=1S/C15H21NO3/c17-13(16-7-15(14(18)19)4-1-5-15)12-10-8-2-3-9(6-8)11(10)12/h8-12H,1-7H2,(H,16,17)(H,18,19). The van der Waals surface area contributed by atoms with E-state index in [1.165, 1.54) is 19.3 Å². The Labute approximate surface area is 112 Å². The molecule has 0 saturated heterocycles. The van der Waals surface area contributed by atoms with E-state index in [9.17, 15) is 14.7 Å². The SMILES string of the molecule is O=C(NCC1(C(=O)O)CCC1)C1C2C3CCC(C3)C12. The number of carboxylic acid groups (broad SMARTS) is 1. The summed E-state index contributed by atoms with van der Waals surface area (Å²) in [5.41, 5.74) is -0.654. The van der Waals surface area contributed by atoms with Crippen molar-refractivity contribution in [1.29, 1.82) is 0 Å². The molecular weight excluding hydrogens is 242 g/mol. The van der Waals surface area contributed by atoms with Crippen LogP contribution in [0.3, 0.4) is 0 Å². The Kier molecular flexibility index (Phi) is 2.31. The summed E-state index contributed by atoms with van der Waals surface area (Å²) in [7, 11) is 0. The van der Waals surface area contributed by atoms with Gasteiger partial charge in [-0.05, 0) is 55.8 Å². The molecular formula is C15H21NO3. The topological polar surface area (TPSA) is 66.4 Å². The first-order valence-corrected chi connectivity index (χ1v) is 7.63. The monoisotopic (exact) mass is 263 g/mol. The van der Waals surface area contributed by atoms with Gasteiger partial charge in [0.25, 0.3) is 0 Å². The van der Waals surface area contributed by atoms with Crippen LogP contribution < -0.4 is 5.32 Å². The zero-order chi connectivity index (χ0) is 13.2. The number of fused-ring (bicyclic) bond motifs is 5. The fourth-order valence-electron chi connectivity index (χ4n) is 5.12. The zero-order valence-electron chi connectivity index (χ0n) is 11.1. The minimum absolute atomic E-state index is 0.138. The van der Waals surface area contributed by atoms with E-state index in [4.69, 9.17) is 0 Å². The van der Waals surface area contributed by atoms with Gasteiger partial charge in [-0.15, -0.1) is 0 Å². The van der Waals surface area contributed by atoms with Crippen molar-refractivity contribution >= 4 is 11.9 Å². The first-order chi connectivity index (χ1) is 9.12. The maximum Gasteiger partial charge on any atom is 0.311 e. The summed E-state index contributed by atoms with van der Waals surface area (Å²) in [6.45, 7) is 0.340. The number of carbonyl (C=O) groups excluding carboxylic acids is 1. The normalized spacial score (nSPS) is 44.3. The van der Waals surface area contributed by atoms with Crippen LogP contribution in [0.4, 0.5) is 0 Å². The number of carboxylic acids is 1. The van der Waals surface area contributed by atoms with E-state index in [2.05, 4.69) is 5.32 Å². The molecule has 4 fully saturated rings. The third kappa shape index (κ3) is 1.52. The second kappa shape index (κ2) is 3.74. The smallest absolute Gasteiger partial charge is 0.311 e. The highest BCUT2D eigenvalue weighted by molar-refractivity contribution is 5.84. The molecule has 1 amide bonds. The van der Waals surface area contributed by atoms with Crippen LogP contribution in [0.25, 0.3) is 0 Å². The number of nitrogens with one attached hydrogen (secondary N) is 1. The van der Waals surface area contributed by atoms with Gasteiger partial charge in [-0.2, -0.15) is 0 Å². The Bertz CT molecular complexity index is 427. The van der Waals surface area contributed by atoms with Gasteiger partial charge in [-0.1, -0.05) is 6.42 Å². The molecule has 2 N–H and O–H groups in total. The van der Waals surface area contributed by atoms with Crippen molar-refractivity contribution < 1.29 is 14.7 Å². The minimum atomic E-state index is -0.741. The molecule has 0 heterocycles. The molecule has 0 aliphatic heterocycles. The minimum Gasteiger partial charge on any atom is -0.481 e. The van der Waals surface area contributed by atoms with E-state index in [1.54, 1.807) is 0 Å².